The van der Waals surface area contributed by atoms with E-state index in [9.17, 15) is 25.0 Å². The Morgan fingerprint density at radius 3 is 2.49 bits per heavy atom. The largest absolute Gasteiger partial charge is 0.493 e. The van der Waals surface area contributed by atoms with Crippen molar-refractivity contribution in [3.05, 3.63) is 87.0 Å². The first-order valence-corrected chi connectivity index (χ1v) is 9.81. The van der Waals surface area contributed by atoms with Gasteiger partial charge in [0, 0.05) is 23.4 Å². The summed E-state index contributed by atoms with van der Waals surface area (Å²) in [7, 11) is 1.46. The van der Waals surface area contributed by atoms with Crippen molar-refractivity contribution in [1.82, 2.24) is 24.5 Å². The van der Waals surface area contributed by atoms with Crippen LogP contribution in [0.3, 0.4) is 0 Å². The number of methoxy groups -OCH3 is 1. The summed E-state index contributed by atoms with van der Waals surface area (Å²) in [4.78, 5) is 37.0. The first-order valence-electron chi connectivity index (χ1n) is 9.81. The Bertz CT molecular complexity index is 1410. The van der Waals surface area contributed by atoms with Crippen molar-refractivity contribution in [2.45, 2.75) is 6.67 Å². The third-order valence-electron chi connectivity index (χ3n) is 4.51. The van der Waals surface area contributed by atoms with Crippen LogP contribution in [0, 0.1) is 20.2 Å². The molecule has 0 aliphatic heterocycles. The summed E-state index contributed by atoms with van der Waals surface area (Å²) < 4.78 is 13.5. The molecule has 0 bridgehead atoms. The predicted molar refractivity (Wildman–Crippen MR) is 118 cm³/mol. The number of nitro benzene ring substituents is 1. The first-order chi connectivity index (χ1) is 16.8. The number of benzene rings is 2. The molecule has 0 aliphatic rings. The Balaban J connectivity index is 1.51. The van der Waals surface area contributed by atoms with Crippen LogP contribution in [0.25, 0.3) is 0 Å². The Hall–Kier alpha value is -5.34. The molecule has 0 saturated carbocycles. The third kappa shape index (κ3) is 5.36. The molecule has 1 N–H and O–H groups in total. The maximum absolute atomic E-state index is 12.7. The van der Waals surface area contributed by atoms with Crippen molar-refractivity contribution in [2.75, 3.05) is 12.4 Å². The van der Waals surface area contributed by atoms with Crippen molar-refractivity contribution in [2.24, 2.45) is 0 Å². The molecule has 0 atom stereocenters. The molecular formula is C20H16N8O7. The van der Waals surface area contributed by atoms with Crippen LogP contribution in [-0.2, 0) is 6.67 Å². The van der Waals surface area contributed by atoms with E-state index in [1.54, 1.807) is 24.3 Å². The van der Waals surface area contributed by atoms with Crippen LogP contribution in [0.1, 0.15) is 10.5 Å². The molecule has 15 nitrogen and oxygen atoms in total. The van der Waals surface area contributed by atoms with Gasteiger partial charge in [-0.25, -0.2) is 4.68 Å². The lowest BCUT2D eigenvalue weighted by Crippen LogP contribution is -2.15. The Morgan fingerprint density at radius 1 is 1.03 bits per heavy atom. The van der Waals surface area contributed by atoms with Gasteiger partial charge in [0.1, 0.15) is 5.75 Å². The van der Waals surface area contributed by atoms with Gasteiger partial charge in [0.15, 0.2) is 23.9 Å². The molecule has 4 aromatic rings. The van der Waals surface area contributed by atoms with Crippen LogP contribution < -0.4 is 14.8 Å². The fraction of sp³-hybridized carbons (Fsp3) is 0.100. The lowest BCUT2D eigenvalue weighted by Gasteiger charge is -2.11. The topological polar surface area (TPSA) is 182 Å². The number of non-ortho nitro benzene ring substituents is 1. The molecule has 2 aromatic heterocycles. The van der Waals surface area contributed by atoms with Gasteiger partial charge in [0.2, 0.25) is 6.33 Å². The van der Waals surface area contributed by atoms with E-state index in [4.69, 9.17) is 9.47 Å². The Morgan fingerprint density at radius 2 is 1.80 bits per heavy atom. The van der Waals surface area contributed by atoms with E-state index in [-0.39, 0.29) is 29.5 Å². The molecule has 2 heterocycles. The molecule has 178 valence electrons. The summed E-state index contributed by atoms with van der Waals surface area (Å²) in [5, 5.41) is 32.4. The molecule has 15 heteroatoms. The summed E-state index contributed by atoms with van der Waals surface area (Å²) in [6, 6.07) is 12.0. The number of hydrogen-bond acceptors (Lipinski definition) is 10. The fourth-order valence-corrected chi connectivity index (χ4v) is 2.99. The van der Waals surface area contributed by atoms with Gasteiger partial charge in [0.25, 0.3) is 11.6 Å². The standard InChI is InChI=1S/C20H16N8O7/c1-34-17-4-2-3-5-18(17)35-15-9-13(8-14(10-15)27(30)31)22-19(29)16-6-7-25(23-16)12-26-11-21-20(24-26)28(32)33/h2-11H,12H2,1H3,(H,22,29). The zero-order chi connectivity index (χ0) is 24.9. The lowest BCUT2D eigenvalue weighted by molar-refractivity contribution is -0.394. The number of ether oxygens (including phenoxy) is 2. The maximum Gasteiger partial charge on any atom is 0.491 e. The zero-order valence-corrected chi connectivity index (χ0v) is 18.0. The molecule has 1 amide bonds. The number of hydrogen-bond donors (Lipinski definition) is 1. The Labute approximate surface area is 195 Å². The van der Waals surface area contributed by atoms with Crippen LogP contribution in [0.2, 0.25) is 0 Å². The van der Waals surface area contributed by atoms with Gasteiger partial charge in [0.05, 0.1) is 23.8 Å². The van der Waals surface area contributed by atoms with Crippen LogP contribution in [0.5, 0.6) is 17.2 Å². The minimum atomic E-state index is -0.733. The van der Waals surface area contributed by atoms with Gasteiger partial charge >= 0.3 is 5.95 Å². The van der Waals surface area contributed by atoms with Gasteiger partial charge in [-0.05, 0) is 23.1 Å². The average Bonchev–Trinajstić information content (AvgIpc) is 3.49. The van der Waals surface area contributed by atoms with Crippen LogP contribution >= 0.6 is 0 Å². The smallest absolute Gasteiger partial charge is 0.491 e. The van der Waals surface area contributed by atoms with E-state index in [2.05, 4.69) is 20.5 Å². The summed E-state index contributed by atoms with van der Waals surface area (Å²) in [5.74, 6) is -0.339. The highest BCUT2D eigenvalue weighted by Crippen LogP contribution is 2.34. The summed E-state index contributed by atoms with van der Waals surface area (Å²) in [6.07, 6.45) is 2.62. The van der Waals surface area contributed by atoms with E-state index in [1.807, 2.05) is 0 Å². The Kier molecular flexibility index (Phi) is 6.30. The van der Waals surface area contributed by atoms with Crippen LogP contribution in [0.15, 0.2) is 61.1 Å². The maximum atomic E-state index is 12.7. The third-order valence-corrected chi connectivity index (χ3v) is 4.51. The molecule has 0 spiro atoms. The molecule has 4 rings (SSSR count). The minimum Gasteiger partial charge on any atom is -0.493 e. The van der Waals surface area contributed by atoms with E-state index in [0.717, 1.165) is 6.33 Å². The number of nitrogens with zero attached hydrogens (tertiary/aromatic N) is 7. The van der Waals surface area contributed by atoms with Crippen molar-refractivity contribution < 1.29 is 24.1 Å². The monoisotopic (exact) mass is 480 g/mol. The zero-order valence-electron chi connectivity index (χ0n) is 18.0. The number of para-hydroxylation sites is 2. The summed E-state index contributed by atoms with van der Waals surface area (Å²) in [5.41, 5.74) is -0.195. The molecule has 2 aromatic carbocycles. The van der Waals surface area contributed by atoms with Gasteiger partial charge < -0.3 is 24.9 Å². The highest BCUT2D eigenvalue weighted by atomic mass is 16.6. The van der Waals surface area contributed by atoms with Gasteiger partial charge in [-0.3, -0.25) is 14.9 Å². The van der Waals surface area contributed by atoms with Gasteiger partial charge in [-0.2, -0.15) is 9.78 Å². The summed E-state index contributed by atoms with van der Waals surface area (Å²) >= 11 is 0. The highest BCUT2D eigenvalue weighted by molar-refractivity contribution is 6.03. The second-order valence-electron chi connectivity index (χ2n) is 6.90. The minimum absolute atomic E-state index is 0.00156. The fourth-order valence-electron chi connectivity index (χ4n) is 2.99. The molecule has 0 fully saturated rings. The molecule has 0 aliphatic carbocycles. The van der Waals surface area contributed by atoms with E-state index < -0.39 is 21.7 Å². The predicted octanol–water partition coefficient (Wildman–Crippen LogP) is 2.85. The molecular weight excluding hydrogens is 464 g/mol. The number of carbonyl (C=O) groups excluding carboxylic acids is 1. The number of nitrogens with one attached hydrogen (secondary N) is 1. The number of nitro groups is 2. The van der Waals surface area contributed by atoms with Crippen LogP contribution in [0.4, 0.5) is 17.3 Å². The SMILES string of the molecule is COc1ccccc1Oc1cc(NC(=O)c2ccn(Cn3cnc([N+](=O)[O-])n3)n2)cc([N+](=O)[O-])c1. The number of carbonyl (C=O) groups is 1. The van der Waals surface area contributed by atoms with Crippen molar-refractivity contribution in [3.8, 4) is 17.2 Å². The molecule has 0 unspecified atom stereocenters. The van der Waals surface area contributed by atoms with Gasteiger partial charge in [-0.15, -0.1) is 0 Å². The average molecular weight is 480 g/mol. The van der Waals surface area contributed by atoms with Crippen LogP contribution in [-0.4, -0.2) is 47.4 Å². The molecule has 35 heavy (non-hydrogen) atoms. The second-order valence-corrected chi connectivity index (χ2v) is 6.90. The first kappa shape index (κ1) is 22.8. The molecule has 0 saturated heterocycles. The summed E-state index contributed by atoms with van der Waals surface area (Å²) in [6.45, 7) is -0.0260. The molecule has 0 radical (unpaired) electrons. The van der Waals surface area contributed by atoms with Crippen molar-refractivity contribution in [3.63, 3.8) is 0 Å². The lowest BCUT2D eigenvalue weighted by atomic mass is 10.2. The van der Waals surface area contributed by atoms with E-state index in [1.165, 1.54) is 46.9 Å². The number of amides is 1. The van der Waals surface area contributed by atoms with Crippen molar-refractivity contribution in [1.29, 1.82) is 0 Å². The quantitative estimate of drug-likeness (QED) is 0.276. The number of anilines is 1. The number of rotatable bonds is 9. The van der Waals surface area contributed by atoms with Gasteiger partial charge in [-0.1, -0.05) is 17.1 Å². The van der Waals surface area contributed by atoms with Crippen molar-refractivity contribution >= 4 is 23.2 Å². The normalized spacial score (nSPS) is 10.5. The van der Waals surface area contributed by atoms with E-state index >= 15 is 0 Å². The number of aromatic nitrogens is 5. The second kappa shape index (κ2) is 9.65. The van der Waals surface area contributed by atoms with E-state index in [0.29, 0.717) is 11.5 Å². The highest BCUT2D eigenvalue weighted by Gasteiger charge is 2.17.